The zero-order valence-corrected chi connectivity index (χ0v) is 14.8. The van der Waals surface area contributed by atoms with Gasteiger partial charge in [-0.15, -0.1) is 0 Å². The van der Waals surface area contributed by atoms with Crippen LogP contribution in [0.2, 0.25) is 0 Å². The topological polar surface area (TPSA) is 39.5 Å². The van der Waals surface area contributed by atoms with Gasteiger partial charge >= 0.3 is 0 Å². The first-order valence-corrected chi connectivity index (χ1v) is 8.87. The molecule has 0 unspecified atom stereocenters. The van der Waals surface area contributed by atoms with Gasteiger partial charge in [-0.1, -0.05) is 66.7 Å². The maximum Gasteiger partial charge on any atom is 0.200 e. The van der Waals surface area contributed by atoms with Crippen LogP contribution in [0.1, 0.15) is 0 Å². The van der Waals surface area contributed by atoms with Crippen LogP contribution in [0.15, 0.2) is 109 Å². The lowest BCUT2D eigenvalue weighted by Crippen LogP contribution is -2.54. The van der Waals surface area contributed by atoms with Crippen LogP contribution in [0, 0.1) is 0 Å². The van der Waals surface area contributed by atoms with Gasteiger partial charge in [0, 0.05) is 23.0 Å². The summed E-state index contributed by atoms with van der Waals surface area (Å²) in [6, 6.07) is 36.5. The molecule has 0 fully saturated rings. The zero-order chi connectivity index (χ0) is 18.5. The van der Waals surface area contributed by atoms with Gasteiger partial charge in [0.25, 0.3) is 0 Å². The molecule has 0 saturated carbocycles. The first-order valence-electron chi connectivity index (χ1n) is 8.87. The van der Waals surface area contributed by atoms with Gasteiger partial charge in [0.05, 0.1) is 11.3 Å². The predicted octanol–water partition coefficient (Wildman–Crippen LogP) is 5.56. The highest BCUT2D eigenvalue weighted by Crippen LogP contribution is 2.41. The van der Waals surface area contributed by atoms with Crippen molar-refractivity contribution in [2.75, 3.05) is 4.90 Å². The Morgan fingerprint density at radius 1 is 0.519 bits per heavy atom. The van der Waals surface area contributed by atoms with Crippen LogP contribution in [-0.2, 0) is 0 Å². The van der Waals surface area contributed by atoms with Gasteiger partial charge in [-0.2, -0.15) is 0 Å². The summed E-state index contributed by atoms with van der Waals surface area (Å²) < 4.78 is 0. The molecule has 0 heterocycles. The molecule has 0 aliphatic carbocycles. The maximum atomic E-state index is 9.58. The second kappa shape index (κ2) is 7.67. The number of nitrogens with zero attached hydrogens (tertiary/aromatic N) is 2. The molecule has 0 atom stereocenters. The lowest BCUT2D eigenvalue weighted by atomic mass is 10.00. The molecule has 0 aliphatic heterocycles. The molecule has 130 valence electrons. The standard InChI is InChI=1S/C24H19N3/c25-26-23-17-9-7-15-21(23)22-16-8-10-18-24(22)27(19-11-3-1-4-12-19)20-13-5-2-6-14-20/h1-18,26H. The minimum Gasteiger partial charge on any atom is -0.502 e. The fraction of sp³-hybridized carbons (Fsp3) is 0. The Morgan fingerprint density at radius 2 is 1.00 bits per heavy atom. The Morgan fingerprint density at radius 3 is 1.59 bits per heavy atom. The highest BCUT2D eigenvalue weighted by atomic mass is 15.1. The molecule has 3 heteroatoms. The predicted molar refractivity (Wildman–Crippen MR) is 111 cm³/mol. The van der Waals surface area contributed by atoms with Crippen molar-refractivity contribution in [2.45, 2.75) is 0 Å². The second-order valence-corrected chi connectivity index (χ2v) is 6.18. The number of anilines is 3. The summed E-state index contributed by atoms with van der Waals surface area (Å²) in [4.78, 5) is 2.23. The second-order valence-electron chi connectivity index (χ2n) is 6.18. The Bertz CT molecular complexity index is 1000. The average molecular weight is 349 g/mol. The largest absolute Gasteiger partial charge is 0.502 e. The maximum absolute atomic E-state index is 9.58. The van der Waals surface area contributed by atoms with Gasteiger partial charge in [-0.05, 0) is 36.4 Å². The SMILES string of the molecule is [N-]=[NH+]c1ccccc1-c1ccccc1N(c1ccccc1)c1ccccc1. The number of nitrogens with one attached hydrogen (secondary N) is 1. The monoisotopic (exact) mass is 349 g/mol. The van der Waals surface area contributed by atoms with E-state index < -0.39 is 0 Å². The van der Waals surface area contributed by atoms with Crippen molar-refractivity contribution < 1.29 is 5.11 Å². The highest BCUT2D eigenvalue weighted by molar-refractivity contribution is 5.90. The summed E-state index contributed by atoms with van der Waals surface area (Å²) in [5, 5.41) is 2.32. The van der Waals surface area contributed by atoms with Crippen molar-refractivity contribution in [2.24, 2.45) is 0 Å². The van der Waals surface area contributed by atoms with E-state index in [2.05, 4.69) is 46.4 Å². The third-order valence-electron chi connectivity index (χ3n) is 4.51. The Balaban J connectivity index is 1.96. The first-order chi connectivity index (χ1) is 13.4. The lowest BCUT2D eigenvalue weighted by molar-refractivity contribution is -0.378. The molecular weight excluding hydrogens is 330 g/mol. The van der Waals surface area contributed by atoms with E-state index in [1.807, 2.05) is 72.8 Å². The van der Waals surface area contributed by atoms with Crippen LogP contribution in [0.4, 0.5) is 22.7 Å². The summed E-state index contributed by atoms with van der Waals surface area (Å²) in [6.07, 6.45) is 0. The fourth-order valence-electron chi connectivity index (χ4n) is 3.29. The molecule has 0 radical (unpaired) electrons. The average Bonchev–Trinajstić information content (AvgIpc) is 2.76. The van der Waals surface area contributed by atoms with Crippen molar-refractivity contribution in [3.05, 3.63) is 115 Å². The van der Waals surface area contributed by atoms with Crippen LogP contribution in [0.5, 0.6) is 0 Å². The third kappa shape index (κ3) is 3.35. The molecular formula is C24H19N3. The molecule has 1 N–H and O–H groups in total. The van der Waals surface area contributed by atoms with Crippen molar-refractivity contribution in [3.63, 3.8) is 0 Å². The van der Waals surface area contributed by atoms with E-state index in [0.717, 1.165) is 28.2 Å². The molecule has 27 heavy (non-hydrogen) atoms. The van der Waals surface area contributed by atoms with E-state index in [-0.39, 0.29) is 0 Å². The number of rotatable bonds is 5. The summed E-state index contributed by atoms with van der Waals surface area (Å²) in [6.45, 7) is 0. The minimum atomic E-state index is 0.672. The minimum absolute atomic E-state index is 0.672. The summed E-state index contributed by atoms with van der Waals surface area (Å²) in [7, 11) is 0. The van der Waals surface area contributed by atoms with Crippen molar-refractivity contribution in [1.29, 1.82) is 0 Å². The molecule has 0 amide bonds. The van der Waals surface area contributed by atoms with E-state index in [0.29, 0.717) is 5.69 Å². The van der Waals surface area contributed by atoms with E-state index in [4.69, 9.17) is 0 Å². The number of hydrogen-bond acceptors (Lipinski definition) is 1. The molecule has 0 spiro atoms. The van der Waals surface area contributed by atoms with Gasteiger partial charge in [0.1, 0.15) is 0 Å². The smallest absolute Gasteiger partial charge is 0.200 e. The van der Waals surface area contributed by atoms with Gasteiger partial charge in [0.2, 0.25) is 5.69 Å². The zero-order valence-electron chi connectivity index (χ0n) is 14.8. The number of hydrogen-bond donors (Lipinski definition) is 1. The van der Waals surface area contributed by atoms with Crippen molar-refractivity contribution >= 4 is 22.7 Å². The molecule has 0 saturated heterocycles. The highest BCUT2D eigenvalue weighted by Gasteiger charge is 2.18. The molecule has 4 aromatic carbocycles. The quantitative estimate of drug-likeness (QED) is 0.471. The van der Waals surface area contributed by atoms with Crippen molar-refractivity contribution in [3.8, 4) is 11.1 Å². The Hall–Kier alpha value is -3.72. The third-order valence-corrected chi connectivity index (χ3v) is 4.51. The molecule has 0 aromatic heterocycles. The van der Waals surface area contributed by atoms with Crippen LogP contribution < -0.4 is 10.0 Å². The van der Waals surface area contributed by atoms with Gasteiger partial charge in [-0.3, -0.25) is 5.11 Å². The number of para-hydroxylation sites is 4. The van der Waals surface area contributed by atoms with E-state index >= 15 is 0 Å². The molecule has 4 rings (SSSR count). The molecule has 0 bridgehead atoms. The van der Waals surface area contributed by atoms with Crippen molar-refractivity contribution in [1.82, 2.24) is 0 Å². The molecule has 3 nitrogen and oxygen atoms in total. The molecule has 4 aromatic rings. The fourth-order valence-corrected chi connectivity index (χ4v) is 3.29. The number of benzene rings is 4. The lowest BCUT2D eigenvalue weighted by Gasteiger charge is -2.27. The summed E-state index contributed by atoms with van der Waals surface area (Å²) in [5.74, 6) is 0. The summed E-state index contributed by atoms with van der Waals surface area (Å²) >= 11 is 0. The first kappa shape index (κ1) is 16.7. The van der Waals surface area contributed by atoms with Crippen LogP contribution >= 0.6 is 0 Å². The van der Waals surface area contributed by atoms with Crippen LogP contribution in [0.3, 0.4) is 0 Å². The Labute approximate surface area is 159 Å². The van der Waals surface area contributed by atoms with Crippen LogP contribution in [-0.4, -0.2) is 0 Å². The normalized spacial score (nSPS) is 10.4. The van der Waals surface area contributed by atoms with Crippen LogP contribution in [0.25, 0.3) is 16.7 Å². The van der Waals surface area contributed by atoms with Gasteiger partial charge in [-0.25, -0.2) is 0 Å². The Kier molecular flexibility index (Phi) is 4.75. The van der Waals surface area contributed by atoms with E-state index in [1.54, 1.807) is 0 Å². The van der Waals surface area contributed by atoms with Gasteiger partial charge in [0.15, 0.2) is 0 Å². The molecule has 0 aliphatic rings. The summed E-state index contributed by atoms with van der Waals surface area (Å²) in [5.41, 5.74) is 15.4. The van der Waals surface area contributed by atoms with Gasteiger partial charge < -0.3 is 10.4 Å². The van der Waals surface area contributed by atoms with E-state index in [9.17, 15) is 5.53 Å². The van der Waals surface area contributed by atoms with E-state index in [1.165, 1.54) is 0 Å².